The van der Waals surface area contributed by atoms with Gasteiger partial charge in [-0.25, -0.2) is 9.97 Å². The molecule has 0 aliphatic carbocycles. The van der Waals surface area contributed by atoms with Crippen LogP contribution in [0.2, 0.25) is 0 Å². The van der Waals surface area contributed by atoms with E-state index in [1.54, 1.807) is 12.4 Å². The van der Waals surface area contributed by atoms with Crippen molar-refractivity contribution in [3.05, 3.63) is 52.5 Å². The zero-order valence-corrected chi connectivity index (χ0v) is 11.0. The number of nitrogens with zero attached hydrogens (tertiary/aromatic N) is 3. The van der Waals surface area contributed by atoms with E-state index in [2.05, 4.69) is 43.6 Å². The average molecular weight is 333 g/mol. The van der Waals surface area contributed by atoms with Crippen LogP contribution in [0.3, 0.4) is 0 Å². The van der Waals surface area contributed by atoms with Gasteiger partial charge in [0.2, 0.25) is 0 Å². The van der Waals surface area contributed by atoms with Crippen LogP contribution in [0.1, 0.15) is 0 Å². The number of benzene rings is 1. The molecule has 4 heteroatoms. The largest absolute Gasteiger partial charge is 0.264 e. The van der Waals surface area contributed by atoms with Gasteiger partial charge in [-0.3, -0.25) is 4.98 Å². The van der Waals surface area contributed by atoms with E-state index in [1.807, 2.05) is 30.5 Å². The summed E-state index contributed by atoms with van der Waals surface area (Å²) < 4.78 is 1.19. The summed E-state index contributed by atoms with van der Waals surface area (Å²) in [5.74, 6) is 0.715. The van der Waals surface area contributed by atoms with Crippen LogP contribution in [0.15, 0.2) is 48.9 Å². The van der Waals surface area contributed by atoms with Crippen LogP contribution in [0, 0.1) is 3.57 Å². The molecule has 1 aromatic carbocycles. The Hall–Kier alpha value is -1.56. The highest BCUT2D eigenvalue weighted by Crippen LogP contribution is 2.19. The van der Waals surface area contributed by atoms with Gasteiger partial charge in [0.05, 0.1) is 5.52 Å². The van der Waals surface area contributed by atoms with Crippen molar-refractivity contribution in [2.24, 2.45) is 0 Å². The number of halogens is 1. The minimum atomic E-state index is 0.715. The summed E-state index contributed by atoms with van der Waals surface area (Å²) in [5.41, 5.74) is 1.90. The Morgan fingerprint density at radius 2 is 2.00 bits per heavy atom. The third-order valence-electron chi connectivity index (χ3n) is 2.46. The van der Waals surface area contributed by atoms with Crippen molar-refractivity contribution >= 4 is 33.5 Å². The fraction of sp³-hybridized carbons (Fsp3) is 0. The number of hydrogen-bond acceptors (Lipinski definition) is 3. The van der Waals surface area contributed by atoms with Crippen molar-refractivity contribution in [3.8, 4) is 11.4 Å². The Kier molecular flexibility index (Phi) is 2.72. The number of fused-ring (bicyclic) bond motifs is 1. The average Bonchev–Trinajstić information content (AvgIpc) is 2.39. The Morgan fingerprint density at radius 1 is 1.06 bits per heavy atom. The monoisotopic (exact) mass is 333 g/mol. The molecule has 0 radical (unpaired) electrons. The lowest BCUT2D eigenvalue weighted by atomic mass is 10.2. The van der Waals surface area contributed by atoms with E-state index in [9.17, 15) is 0 Å². The number of rotatable bonds is 1. The van der Waals surface area contributed by atoms with E-state index in [0.29, 0.717) is 5.82 Å². The van der Waals surface area contributed by atoms with Gasteiger partial charge in [0.25, 0.3) is 0 Å². The van der Waals surface area contributed by atoms with E-state index in [4.69, 9.17) is 0 Å². The van der Waals surface area contributed by atoms with E-state index >= 15 is 0 Å². The molecule has 3 rings (SSSR count). The Labute approximate surface area is 112 Å². The molecule has 82 valence electrons. The van der Waals surface area contributed by atoms with Gasteiger partial charge < -0.3 is 0 Å². The van der Waals surface area contributed by atoms with Gasteiger partial charge in [-0.15, -0.1) is 0 Å². The Morgan fingerprint density at radius 3 is 2.82 bits per heavy atom. The molecule has 3 aromatic rings. The predicted molar refractivity (Wildman–Crippen MR) is 75.5 cm³/mol. The number of hydrogen-bond donors (Lipinski definition) is 0. The van der Waals surface area contributed by atoms with Gasteiger partial charge in [-0.05, 0) is 52.9 Å². The van der Waals surface area contributed by atoms with Crippen LogP contribution in [-0.4, -0.2) is 15.0 Å². The van der Waals surface area contributed by atoms with Crippen LogP contribution in [0.4, 0.5) is 0 Å². The molecule has 3 nitrogen and oxygen atoms in total. The SMILES string of the molecule is Ic1ccc2nc(-c3cccnc3)ncc2c1. The molecule has 0 spiro atoms. The molecule has 0 unspecified atom stereocenters. The Balaban J connectivity index is 2.17. The predicted octanol–water partition coefficient (Wildman–Crippen LogP) is 3.30. The zero-order chi connectivity index (χ0) is 11.7. The van der Waals surface area contributed by atoms with Crippen molar-refractivity contribution in [1.82, 2.24) is 15.0 Å². The highest BCUT2D eigenvalue weighted by Gasteiger charge is 2.02. The fourth-order valence-corrected chi connectivity index (χ4v) is 2.15. The van der Waals surface area contributed by atoms with Crippen molar-refractivity contribution < 1.29 is 0 Å². The van der Waals surface area contributed by atoms with Gasteiger partial charge >= 0.3 is 0 Å². The smallest absolute Gasteiger partial charge is 0.161 e. The lowest BCUT2D eigenvalue weighted by molar-refractivity contribution is 1.21. The number of aromatic nitrogens is 3. The topological polar surface area (TPSA) is 38.7 Å². The van der Waals surface area contributed by atoms with Crippen molar-refractivity contribution in [1.29, 1.82) is 0 Å². The lowest BCUT2D eigenvalue weighted by Crippen LogP contribution is -1.90. The summed E-state index contributed by atoms with van der Waals surface area (Å²) in [5, 5.41) is 1.06. The summed E-state index contributed by atoms with van der Waals surface area (Å²) in [6, 6.07) is 9.97. The quantitative estimate of drug-likeness (QED) is 0.642. The van der Waals surface area contributed by atoms with E-state index in [1.165, 1.54) is 3.57 Å². The van der Waals surface area contributed by atoms with E-state index in [0.717, 1.165) is 16.5 Å². The molecule has 0 aliphatic rings. The maximum absolute atomic E-state index is 4.53. The summed E-state index contributed by atoms with van der Waals surface area (Å²) in [4.78, 5) is 13.0. The van der Waals surface area contributed by atoms with Gasteiger partial charge in [0.1, 0.15) is 0 Å². The molecule has 0 amide bonds. The molecular formula is C13H8IN3. The molecule has 17 heavy (non-hydrogen) atoms. The molecule has 0 saturated heterocycles. The molecule has 2 heterocycles. The molecule has 0 saturated carbocycles. The molecule has 0 fully saturated rings. The maximum Gasteiger partial charge on any atom is 0.161 e. The molecule has 0 atom stereocenters. The third kappa shape index (κ3) is 2.12. The molecule has 2 aromatic heterocycles. The molecule has 0 aliphatic heterocycles. The standard InChI is InChI=1S/C13H8IN3/c14-11-3-4-12-10(6-11)8-16-13(17-12)9-2-1-5-15-7-9/h1-8H. The minimum absolute atomic E-state index is 0.715. The highest BCUT2D eigenvalue weighted by atomic mass is 127. The number of pyridine rings is 1. The minimum Gasteiger partial charge on any atom is -0.264 e. The van der Waals surface area contributed by atoms with Gasteiger partial charge in [0.15, 0.2) is 5.82 Å². The first-order valence-electron chi connectivity index (χ1n) is 5.16. The summed E-state index contributed by atoms with van der Waals surface area (Å²) in [7, 11) is 0. The normalized spacial score (nSPS) is 10.6. The van der Waals surface area contributed by atoms with Crippen molar-refractivity contribution in [2.45, 2.75) is 0 Å². The summed E-state index contributed by atoms with van der Waals surface area (Å²) in [6.45, 7) is 0. The summed E-state index contributed by atoms with van der Waals surface area (Å²) in [6.07, 6.45) is 5.37. The first kappa shape index (κ1) is 10.6. The molecule has 0 bridgehead atoms. The van der Waals surface area contributed by atoms with E-state index < -0.39 is 0 Å². The van der Waals surface area contributed by atoms with Crippen molar-refractivity contribution in [2.75, 3.05) is 0 Å². The second-order valence-electron chi connectivity index (χ2n) is 3.64. The van der Waals surface area contributed by atoms with Crippen LogP contribution in [-0.2, 0) is 0 Å². The Bertz CT molecular complexity index is 668. The maximum atomic E-state index is 4.53. The second-order valence-corrected chi connectivity index (χ2v) is 4.88. The second kappa shape index (κ2) is 4.37. The van der Waals surface area contributed by atoms with Gasteiger partial charge in [-0.2, -0.15) is 0 Å². The molecule has 0 N–H and O–H groups in total. The van der Waals surface area contributed by atoms with Crippen LogP contribution in [0.5, 0.6) is 0 Å². The first-order chi connectivity index (χ1) is 8.33. The van der Waals surface area contributed by atoms with Gasteiger partial charge in [0, 0.05) is 33.1 Å². The van der Waals surface area contributed by atoms with Crippen LogP contribution >= 0.6 is 22.6 Å². The summed E-state index contributed by atoms with van der Waals surface area (Å²) >= 11 is 2.28. The lowest BCUT2D eigenvalue weighted by Gasteiger charge is -2.02. The fourth-order valence-electron chi connectivity index (χ4n) is 1.64. The van der Waals surface area contributed by atoms with Crippen molar-refractivity contribution in [3.63, 3.8) is 0 Å². The van der Waals surface area contributed by atoms with E-state index in [-0.39, 0.29) is 0 Å². The molecular weight excluding hydrogens is 325 g/mol. The van der Waals surface area contributed by atoms with Crippen LogP contribution < -0.4 is 0 Å². The van der Waals surface area contributed by atoms with Gasteiger partial charge in [-0.1, -0.05) is 0 Å². The third-order valence-corrected chi connectivity index (χ3v) is 3.13. The van der Waals surface area contributed by atoms with Crippen LogP contribution in [0.25, 0.3) is 22.3 Å². The highest BCUT2D eigenvalue weighted by molar-refractivity contribution is 14.1. The first-order valence-corrected chi connectivity index (χ1v) is 6.23. The zero-order valence-electron chi connectivity index (χ0n) is 8.84.